The van der Waals surface area contributed by atoms with E-state index in [0.29, 0.717) is 6.42 Å². The van der Waals surface area contributed by atoms with Crippen LogP contribution < -0.4 is 5.32 Å². The summed E-state index contributed by atoms with van der Waals surface area (Å²) in [5.41, 5.74) is 0.246. The minimum atomic E-state index is -4.41. The van der Waals surface area contributed by atoms with Crippen LogP contribution in [-0.4, -0.2) is 18.1 Å². The Labute approximate surface area is 117 Å². The normalized spacial score (nSPS) is 13.0. The van der Waals surface area contributed by atoms with E-state index in [4.69, 9.17) is 0 Å². The van der Waals surface area contributed by atoms with Crippen LogP contribution in [0.3, 0.4) is 0 Å². The molecule has 0 heterocycles. The zero-order valence-corrected chi connectivity index (χ0v) is 11.5. The van der Waals surface area contributed by atoms with Crippen molar-refractivity contribution in [3.05, 3.63) is 35.9 Å². The maximum absolute atomic E-state index is 12.9. The molecule has 5 heteroatoms. The molecule has 0 radical (unpaired) electrons. The van der Waals surface area contributed by atoms with Gasteiger partial charge >= 0.3 is 6.18 Å². The lowest BCUT2D eigenvalue weighted by atomic mass is 10.1. The third-order valence-corrected chi connectivity index (χ3v) is 3.08. The molecule has 2 nitrogen and oxygen atoms in total. The Balaban J connectivity index is 2.59. The summed E-state index contributed by atoms with van der Waals surface area (Å²) in [6.07, 6.45) is -1.37. The van der Waals surface area contributed by atoms with Gasteiger partial charge in [-0.1, -0.05) is 50.8 Å². The largest absolute Gasteiger partial charge is 0.408 e. The smallest absolute Gasteiger partial charge is 0.340 e. The molecule has 1 atom stereocenters. The summed E-state index contributed by atoms with van der Waals surface area (Å²) in [6, 6.07) is 6.19. The predicted molar refractivity (Wildman–Crippen MR) is 72.5 cm³/mol. The molecule has 0 saturated carbocycles. The van der Waals surface area contributed by atoms with Crippen molar-refractivity contribution in [1.82, 2.24) is 5.32 Å². The Morgan fingerprint density at radius 1 is 1.15 bits per heavy atom. The maximum atomic E-state index is 12.9. The Bertz CT molecular complexity index is 403. The third kappa shape index (κ3) is 5.63. The monoisotopic (exact) mass is 287 g/mol. The molecule has 0 aliphatic rings. The van der Waals surface area contributed by atoms with Crippen LogP contribution in [0.5, 0.6) is 0 Å². The summed E-state index contributed by atoms with van der Waals surface area (Å²) in [7, 11) is 0. The molecule has 1 N–H and O–H groups in total. The fourth-order valence-electron chi connectivity index (χ4n) is 1.92. The molecule has 1 rings (SSSR count). The number of carbonyl (C=O) groups excluding carboxylic acids is 1. The van der Waals surface area contributed by atoms with Gasteiger partial charge < -0.3 is 5.32 Å². The fraction of sp³-hybridized carbons (Fsp3) is 0.533. The van der Waals surface area contributed by atoms with E-state index in [0.717, 1.165) is 19.3 Å². The van der Waals surface area contributed by atoms with Crippen LogP contribution >= 0.6 is 0 Å². The summed E-state index contributed by atoms with van der Waals surface area (Å²) in [4.78, 5) is 11.8. The minimum Gasteiger partial charge on any atom is -0.340 e. The zero-order valence-electron chi connectivity index (χ0n) is 11.5. The Hall–Kier alpha value is -1.52. The van der Waals surface area contributed by atoms with E-state index in [1.807, 2.05) is 6.92 Å². The molecule has 0 aliphatic heterocycles. The molecule has 1 aromatic rings. The molecule has 1 amide bonds. The molecule has 20 heavy (non-hydrogen) atoms. The Kier molecular flexibility index (Phi) is 6.55. The molecular weight excluding hydrogens is 267 g/mol. The van der Waals surface area contributed by atoms with Crippen molar-refractivity contribution < 1.29 is 18.0 Å². The topological polar surface area (TPSA) is 29.1 Å². The van der Waals surface area contributed by atoms with Gasteiger partial charge in [-0.25, -0.2) is 0 Å². The van der Waals surface area contributed by atoms with Gasteiger partial charge in [0.25, 0.3) is 5.91 Å². The van der Waals surface area contributed by atoms with Gasteiger partial charge in [-0.05, 0) is 18.6 Å². The summed E-state index contributed by atoms with van der Waals surface area (Å²) >= 11 is 0. The van der Waals surface area contributed by atoms with Crippen molar-refractivity contribution in [2.45, 2.75) is 51.2 Å². The highest BCUT2D eigenvalue weighted by Gasteiger charge is 2.40. The first-order valence-electron chi connectivity index (χ1n) is 6.87. The number of amides is 1. The SMILES string of the molecule is CCCCCC[C@H](NC(=O)c1ccccc1)C(F)(F)F. The standard InChI is InChI=1S/C15H20F3NO/c1-2-3-4-8-11-13(15(16,17)18)19-14(20)12-9-6-5-7-10-12/h5-7,9-10,13H,2-4,8,11H2,1H3,(H,19,20)/t13-/m0/s1. The van der Waals surface area contributed by atoms with E-state index in [9.17, 15) is 18.0 Å². The van der Waals surface area contributed by atoms with Crippen LogP contribution in [0.15, 0.2) is 30.3 Å². The Morgan fingerprint density at radius 3 is 2.35 bits per heavy atom. The van der Waals surface area contributed by atoms with E-state index < -0.39 is 18.1 Å². The second-order valence-corrected chi connectivity index (χ2v) is 4.78. The van der Waals surface area contributed by atoms with E-state index in [-0.39, 0.29) is 12.0 Å². The minimum absolute atomic E-state index is 0.0674. The van der Waals surface area contributed by atoms with E-state index in [2.05, 4.69) is 5.32 Å². The zero-order chi connectivity index (χ0) is 15.0. The van der Waals surface area contributed by atoms with Crippen LogP contribution in [-0.2, 0) is 0 Å². The average molecular weight is 287 g/mol. The number of unbranched alkanes of at least 4 members (excludes halogenated alkanes) is 3. The van der Waals surface area contributed by atoms with Gasteiger partial charge in [0.2, 0.25) is 0 Å². The molecule has 0 unspecified atom stereocenters. The van der Waals surface area contributed by atoms with Crippen molar-refractivity contribution in [3.63, 3.8) is 0 Å². The molecule has 1 aromatic carbocycles. The first-order chi connectivity index (χ1) is 9.45. The number of hydrogen-bond donors (Lipinski definition) is 1. The van der Waals surface area contributed by atoms with Gasteiger partial charge in [-0.2, -0.15) is 13.2 Å². The summed E-state index contributed by atoms with van der Waals surface area (Å²) < 4.78 is 38.7. The maximum Gasteiger partial charge on any atom is 0.408 e. The second-order valence-electron chi connectivity index (χ2n) is 4.78. The molecule has 0 aromatic heterocycles. The van der Waals surface area contributed by atoms with Crippen molar-refractivity contribution >= 4 is 5.91 Å². The van der Waals surface area contributed by atoms with E-state index in [1.54, 1.807) is 18.2 Å². The van der Waals surface area contributed by atoms with Crippen LogP contribution in [0.2, 0.25) is 0 Å². The highest BCUT2D eigenvalue weighted by Crippen LogP contribution is 2.24. The van der Waals surface area contributed by atoms with Crippen molar-refractivity contribution in [2.75, 3.05) is 0 Å². The van der Waals surface area contributed by atoms with Crippen LogP contribution in [0.1, 0.15) is 49.4 Å². The number of alkyl halides is 3. The number of halogens is 3. The van der Waals surface area contributed by atoms with Crippen LogP contribution in [0.25, 0.3) is 0 Å². The van der Waals surface area contributed by atoms with Crippen molar-refractivity contribution in [1.29, 1.82) is 0 Å². The van der Waals surface area contributed by atoms with Crippen LogP contribution in [0.4, 0.5) is 13.2 Å². The highest BCUT2D eigenvalue weighted by molar-refractivity contribution is 5.94. The van der Waals surface area contributed by atoms with Crippen molar-refractivity contribution in [2.24, 2.45) is 0 Å². The fourth-order valence-corrected chi connectivity index (χ4v) is 1.92. The molecule has 0 fully saturated rings. The molecular formula is C15H20F3NO. The van der Waals surface area contributed by atoms with Gasteiger partial charge in [-0.3, -0.25) is 4.79 Å². The van der Waals surface area contributed by atoms with E-state index in [1.165, 1.54) is 12.1 Å². The van der Waals surface area contributed by atoms with Crippen LogP contribution in [0, 0.1) is 0 Å². The summed E-state index contributed by atoms with van der Waals surface area (Å²) in [6.45, 7) is 2.00. The molecule has 0 spiro atoms. The second kappa shape index (κ2) is 7.92. The van der Waals surface area contributed by atoms with E-state index >= 15 is 0 Å². The quantitative estimate of drug-likeness (QED) is 0.744. The average Bonchev–Trinajstić information content (AvgIpc) is 2.42. The number of benzene rings is 1. The summed E-state index contributed by atoms with van der Waals surface area (Å²) in [5.74, 6) is -0.677. The highest BCUT2D eigenvalue weighted by atomic mass is 19.4. The number of carbonyl (C=O) groups is 1. The van der Waals surface area contributed by atoms with Gasteiger partial charge in [0.1, 0.15) is 6.04 Å². The molecule has 112 valence electrons. The lowest BCUT2D eigenvalue weighted by Crippen LogP contribution is -2.45. The molecule has 0 bridgehead atoms. The van der Waals surface area contributed by atoms with Gasteiger partial charge in [0, 0.05) is 5.56 Å². The first-order valence-corrected chi connectivity index (χ1v) is 6.87. The number of rotatable bonds is 7. The third-order valence-electron chi connectivity index (χ3n) is 3.08. The van der Waals surface area contributed by atoms with Crippen molar-refractivity contribution in [3.8, 4) is 0 Å². The summed E-state index contributed by atoms with van der Waals surface area (Å²) in [5, 5.41) is 2.09. The predicted octanol–water partition coefficient (Wildman–Crippen LogP) is 4.32. The lowest BCUT2D eigenvalue weighted by molar-refractivity contribution is -0.155. The molecule has 0 saturated heterocycles. The van der Waals surface area contributed by atoms with Gasteiger partial charge in [0.05, 0.1) is 0 Å². The van der Waals surface area contributed by atoms with Gasteiger partial charge in [0.15, 0.2) is 0 Å². The molecule has 0 aliphatic carbocycles. The first kappa shape index (κ1) is 16.5. The number of hydrogen-bond acceptors (Lipinski definition) is 1. The number of nitrogens with one attached hydrogen (secondary N) is 1. The lowest BCUT2D eigenvalue weighted by Gasteiger charge is -2.21. The van der Waals surface area contributed by atoms with Gasteiger partial charge in [-0.15, -0.1) is 0 Å². The Morgan fingerprint density at radius 2 is 1.80 bits per heavy atom.